The zero-order valence-corrected chi connectivity index (χ0v) is 17.3. The highest BCUT2D eigenvalue weighted by Crippen LogP contribution is 2.41. The summed E-state index contributed by atoms with van der Waals surface area (Å²) in [6.45, 7) is 7.42. The summed E-state index contributed by atoms with van der Waals surface area (Å²) >= 11 is 0. The number of benzene rings is 3. The predicted molar refractivity (Wildman–Crippen MR) is 116 cm³/mol. The second-order valence-corrected chi connectivity index (χ2v) is 8.35. The molecule has 0 unspecified atom stereocenters. The van der Waals surface area contributed by atoms with Gasteiger partial charge in [-0.15, -0.1) is 0 Å². The SMILES string of the molecule is Cc1cc(C(=O)OC(C)(C)C)ccc1-c1c2ccc(=O)cc-2oc2cc(O)ccc12. The van der Waals surface area contributed by atoms with E-state index >= 15 is 0 Å². The van der Waals surface area contributed by atoms with E-state index in [1.165, 1.54) is 18.2 Å². The maximum Gasteiger partial charge on any atom is 0.338 e. The van der Waals surface area contributed by atoms with Crippen molar-refractivity contribution >= 4 is 16.9 Å². The van der Waals surface area contributed by atoms with Crippen molar-refractivity contribution in [1.82, 2.24) is 0 Å². The molecule has 152 valence electrons. The second kappa shape index (κ2) is 7.02. The van der Waals surface area contributed by atoms with Gasteiger partial charge in [0, 0.05) is 28.6 Å². The number of rotatable bonds is 2. The Bertz CT molecular complexity index is 1310. The molecule has 2 aliphatic rings. The van der Waals surface area contributed by atoms with Gasteiger partial charge >= 0.3 is 5.97 Å². The molecule has 1 N–H and O–H groups in total. The number of aromatic hydroxyl groups is 1. The minimum absolute atomic E-state index is 0.0758. The summed E-state index contributed by atoms with van der Waals surface area (Å²) in [6, 6.07) is 15.0. The first-order valence-electron chi connectivity index (χ1n) is 9.66. The van der Waals surface area contributed by atoms with Crippen molar-refractivity contribution < 1.29 is 19.1 Å². The first kappa shape index (κ1) is 19.7. The number of phenolic OH excluding ortho intramolecular Hbond substituents is 1. The van der Waals surface area contributed by atoms with Crippen LogP contribution in [-0.2, 0) is 4.74 Å². The van der Waals surface area contributed by atoms with E-state index in [1.807, 2.05) is 33.8 Å². The van der Waals surface area contributed by atoms with Crippen LogP contribution < -0.4 is 5.43 Å². The van der Waals surface area contributed by atoms with Crippen molar-refractivity contribution in [3.05, 3.63) is 75.9 Å². The van der Waals surface area contributed by atoms with Crippen LogP contribution in [0.3, 0.4) is 0 Å². The lowest BCUT2D eigenvalue weighted by Crippen LogP contribution is -2.23. The van der Waals surface area contributed by atoms with Crippen LogP contribution in [-0.4, -0.2) is 16.7 Å². The highest BCUT2D eigenvalue weighted by molar-refractivity contribution is 6.03. The molecule has 0 saturated heterocycles. The van der Waals surface area contributed by atoms with Crippen LogP contribution >= 0.6 is 0 Å². The van der Waals surface area contributed by atoms with Gasteiger partial charge in [-0.1, -0.05) is 6.07 Å². The molecule has 0 amide bonds. The van der Waals surface area contributed by atoms with Gasteiger partial charge in [0.15, 0.2) is 5.43 Å². The summed E-state index contributed by atoms with van der Waals surface area (Å²) in [5.74, 6) is 0.133. The summed E-state index contributed by atoms with van der Waals surface area (Å²) in [5.41, 5.74) is 3.64. The standard InChI is InChI=1S/C25H22O5/c1-14-11-15(24(28)30-25(2,3)4)5-8-18(14)23-19-9-6-16(26)12-21(19)29-22-13-17(27)7-10-20(22)23/h5-13,26H,1-4H3. The van der Waals surface area contributed by atoms with E-state index in [0.717, 1.165) is 27.6 Å². The molecule has 2 aromatic rings. The van der Waals surface area contributed by atoms with Gasteiger partial charge in [-0.3, -0.25) is 4.79 Å². The fourth-order valence-corrected chi connectivity index (χ4v) is 3.56. The van der Waals surface area contributed by atoms with E-state index in [1.54, 1.807) is 30.3 Å². The number of aryl methyl sites for hydroxylation is 1. The summed E-state index contributed by atoms with van der Waals surface area (Å²) in [5, 5.41) is 10.7. The third-order valence-electron chi connectivity index (χ3n) is 4.81. The molecule has 0 radical (unpaired) electrons. The Balaban J connectivity index is 1.94. The number of esters is 1. The van der Waals surface area contributed by atoms with E-state index in [0.29, 0.717) is 16.9 Å². The lowest BCUT2D eigenvalue weighted by molar-refractivity contribution is 0.00694. The zero-order chi connectivity index (χ0) is 21.6. The average molecular weight is 402 g/mol. The molecule has 0 bridgehead atoms. The largest absolute Gasteiger partial charge is 0.508 e. The Labute approximate surface area is 173 Å². The van der Waals surface area contributed by atoms with Crippen molar-refractivity contribution in [3.63, 3.8) is 0 Å². The van der Waals surface area contributed by atoms with Gasteiger partial charge in [-0.25, -0.2) is 4.79 Å². The van der Waals surface area contributed by atoms with Gasteiger partial charge < -0.3 is 14.3 Å². The topological polar surface area (TPSA) is 76.7 Å². The highest BCUT2D eigenvalue weighted by atomic mass is 16.6. The first-order chi connectivity index (χ1) is 14.1. The molecule has 0 saturated carbocycles. The molecule has 1 heterocycles. The van der Waals surface area contributed by atoms with Crippen molar-refractivity contribution in [2.45, 2.75) is 33.3 Å². The molecule has 4 rings (SSSR count). The van der Waals surface area contributed by atoms with Crippen molar-refractivity contribution in [3.8, 4) is 28.2 Å². The summed E-state index contributed by atoms with van der Waals surface area (Å²) < 4.78 is 11.4. The molecule has 30 heavy (non-hydrogen) atoms. The molecule has 0 fully saturated rings. The number of phenols is 1. The number of carbonyl (C=O) groups is 1. The highest BCUT2D eigenvalue weighted by Gasteiger charge is 2.21. The van der Waals surface area contributed by atoms with E-state index in [9.17, 15) is 14.7 Å². The number of hydrogen-bond acceptors (Lipinski definition) is 5. The van der Waals surface area contributed by atoms with E-state index < -0.39 is 5.60 Å². The quantitative estimate of drug-likeness (QED) is 0.352. The summed E-state index contributed by atoms with van der Waals surface area (Å²) in [4.78, 5) is 24.3. The smallest absolute Gasteiger partial charge is 0.338 e. The van der Waals surface area contributed by atoms with Gasteiger partial charge in [-0.2, -0.15) is 0 Å². The van der Waals surface area contributed by atoms with E-state index in [4.69, 9.17) is 9.15 Å². The van der Waals surface area contributed by atoms with Gasteiger partial charge in [0.05, 0.1) is 5.56 Å². The van der Waals surface area contributed by atoms with Crippen LogP contribution in [0.1, 0.15) is 36.7 Å². The number of hydrogen-bond donors (Lipinski definition) is 1. The molecule has 0 aromatic heterocycles. The van der Waals surface area contributed by atoms with Crippen LogP contribution in [0.15, 0.2) is 63.8 Å². The Kier molecular flexibility index (Phi) is 4.61. The second-order valence-electron chi connectivity index (χ2n) is 8.35. The van der Waals surface area contributed by atoms with Crippen molar-refractivity contribution in [1.29, 1.82) is 0 Å². The summed E-state index contributed by atoms with van der Waals surface area (Å²) in [7, 11) is 0. The maximum atomic E-state index is 12.5. The fourth-order valence-electron chi connectivity index (χ4n) is 3.56. The normalized spacial score (nSPS) is 11.7. The van der Waals surface area contributed by atoms with E-state index in [-0.39, 0.29) is 17.1 Å². The Morgan fingerprint density at radius 2 is 1.70 bits per heavy atom. The monoisotopic (exact) mass is 402 g/mol. The van der Waals surface area contributed by atoms with Crippen molar-refractivity contribution in [2.75, 3.05) is 0 Å². The van der Waals surface area contributed by atoms with Gasteiger partial charge in [0.2, 0.25) is 0 Å². The molecule has 5 nitrogen and oxygen atoms in total. The molecular formula is C25H22O5. The number of fused-ring (bicyclic) bond motifs is 2. The summed E-state index contributed by atoms with van der Waals surface area (Å²) in [6.07, 6.45) is 0. The Morgan fingerprint density at radius 3 is 2.40 bits per heavy atom. The van der Waals surface area contributed by atoms with Gasteiger partial charge in [-0.05, 0) is 75.2 Å². The van der Waals surface area contributed by atoms with E-state index in [2.05, 4.69) is 0 Å². The lowest BCUT2D eigenvalue weighted by atomic mass is 9.90. The first-order valence-corrected chi connectivity index (χ1v) is 9.66. The van der Waals surface area contributed by atoms with Crippen LogP contribution in [0.25, 0.3) is 33.4 Å². The third kappa shape index (κ3) is 3.66. The van der Waals surface area contributed by atoms with Crippen LogP contribution in [0.5, 0.6) is 5.75 Å². The number of carbonyl (C=O) groups excluding carboxylic acids is 1. The average Bonchev–Trinajstić information content (AvgIpc) is 2.64. The van der Waals surface area contributed by atoms with Crippen molar-refractivity contribution in [2.24, 2.45) is 0 Å². The molecule has 0 atom stereocenters. The molecule has 1 aliphatic heterocycles. The third-order valence-corrected chi connectivity index (χ3v) is 4.81. The van der Waals surface area contributed by atoms with Crippen LogP contribution in [0.2, 0.25) is 0 Å². The van der Waals surface area contributed by atoms with Crippen LogP contribution in [0.4, 0.5) is 0 Å². The minimum atomic E-state index is -0.574. The molecular weight excluding hydrogens is 380 g/mol. The molecule has 5 heteroatoms. The molecule has 2 aromatic carbocycles. The Morgan fingerprint density at radius 1 is 0.967 bits per heavy atom. The maximum absolute atomic E-state index is 12.5. The minimum Gasteiger partial charge on any atom is -0.508 e. The Hall–Kier alpha value is -3.60. The molecule has 0 spiro atoms. The van der Waals surface area contributed by atoms with Crippen LogP contribution in [0, 0.1) is 6.92 Å². The predicted octanol–water partition coefficient (Wildman–Crippen LogP) is 5.53. The zero-order valence-electron chi connectivity index (χ0n) is 17.3. The van der Waals surface area contributed by atoms with Gasteiger partial charge in [0.25, 0.3) is 0 Å². The fraction of sp³-hybridized carbons (Fsp3) is 0.200. The van der Waals surface area contributed by atoms with Gasteiger partial charge in [0.1, 0.15) is 22.7 Å². The lowest BCUT2D eigenvalue weighted by Gasteiger charge is -2.20. The number of ether oxygens (including phenoxy) is 1. The molecule has 1 aliphatic carbocycles.